The number of aryl methyl sites for hydroxylation is 1. The molecule has 2 N–H and O–H groups in total. The molecule has 1 heterocycles. The van der Waals surface area contributed by atoms with Gasteiger partial charge < -0.3 is 15.2 Å². The summed E-state index contributed by atoms with van der Waals surface area (Å²) >= 11 is 0. The fraction of sp³-hybridized carbons (Fsp3) is 0.385. The smallest absolute Gasteiger partial charge is 0.201 e. The average Bonchev–Trinajstić information content (AvgIpc) is 2.64. The molecule has 0 aliphatic carbocycles. The molecular weight excluding hydrogens is 226 g/mol. The van der Waals surface area contributed by atoms with Crippen LogP contribution < -0.4 is 5.73 Å². The number of nitriles is 1. The van der Waals surface area contributed by atoms with E-state index in [1.807, 2.05) is 30.8 Å². The van der Waals surface area contributed by atoms with Gasteiger partial charge in [-0.2, -0.15) is 5.26 Å². The van der Waals surface area contributed by atoms with Gasteiger partial charge in [0.15, 0.2) is 0 Å². The maximum absolute atomic E-state index is 8.93. The van der Waals surface area contributed by atoms with Crippen LogP contribution in [0.25, 0.3) is 11.0 Å². The fourth-order valence-electron chi connectivity index (χ4n) is 1.99. The summed E-state index contributed by atoms with van der Waals surface area (Å²) in [4.78, 5) is 6.44. The zero-order chi connectivity index (χ0) is 13.1. The van der Waals surface area contributed by atoms with E-state index in [-0.39, 0.29) is 0 Å². The van der Waals surface area contributed by atoms with E-state index >= 15 is 0 Å². The monoisotopic (exact) mass is 243 g/mol. The van der Waals surface area contributed by atoms with Gasteiger partial charge in [-0.15, -0.1) is 0 Å². The van der Waals surface area contributed by atoms with Crippen LogP contribution in [0.2, 0.25) is 0 Å². The van der Waals surface area contributed by atoms with Gasteiger partial charge in [-0.1, -0.05) is 0 Å². The number of imidazole rings is 1. The van der Waals surface area contributed by atoms with Crippen LogP contribution in [0.5, 0.6) is 0 Å². The molecule has 0 saturated heterocycles. The number of aromatic nitrogens is 2. The number of benzene rings is 1. The van der Waals surface area contributed by atoms with E-state index in [9.17, 15) is 0 Å². The van der Waals surface area contributed by atoms with Crippen molar-refractivity contribution < 1.29 is 0 Å². The third kappa shape index (κ3) is 2.44. The van der Waals surface area contributed by atoms with Crippen molar-refractivity contribution >= 4 is 17.0 Å². The molecule has 5 nitrogen and oxygen atoms in total. The van der Waals surface area contributed by atoms with Crippen molar-refractivity contribution in [2.75, 3.05) is 26.4 Å². The Labute approximate surface area is 106 Å². The molecule has 1 aromatic heterocycles. The number of rotatable bonds is 4. The summed E-state index contributed by atoms with van der Waals surface area (Å²) in [6.45, 7) is 1.81. The quantitative estimate of drug-likeness (QED) is 0.882. The van der Waals surface area contributed by atoms with Crippen LogP contribution in [0, 0.1) is 11.3 Å². The molecule has 0 radical (unpaired) electrons. The second-order valence-corrected chi connectivity index (χ2v) is 4.59. The predicted molar refractivity (Wildman–Crippen MR) is 72.0 cm³/mol. The average molecular weight is 243 g/mol. The van der Waals surface area contributed by atoms with Gasteiger partial charge in [0.2, 0.25) is 5.95 Å². The van der Waals surface area contributed by atoms with E-state index in [4.69, 9.17) is 11.0 Å². The summed E-state index contributed by atoms with van der Waals surface area (Å²) < 4.78 is 1.97. The van der Waals surface area contributed by atoms with Crippen LogP contribution in [0.15, 0.2) is 18.2 Å². The van der Waals surface area contributed by atoms with Crippen molar-refractivity contribution in [2.45, 2.75) is 13.0 Å². The molecular formula is C13H17N5. The van der Waals surface area contributed by atoms with E-state index < -0.39 is 0 Å². The number of hydrogen-bond acceptors (Lipinski definition) is 4. The standard InChI is InChI=1S/C13H17N5/c1-17(2)6-3-7-18-12-8-10(9-14)4-5-11(12)16-13(18)15/h4-5,8H,3,6-7H2,1-2H3,(H2,15,16). The predicted octanol–water partition coefficient (Wildman–Crippen LogP) is 1.44. The summed E-state index contributed by atoms with van der Waals surface area (Å²) in [5.41, 5.74) is 8.33. The largest absolute Gasteiger partial charge is 0.369 e. The lowest BCUT2D eigenvalue weighted by Crippen LogP contribution is -2.15. The minimum absolute atomic E-state index is 0.513. The van der Waals surface area contributed by atoms with E-state index in [2.05, 4.69) is 16.0 Å². The first-order valence-corrected chi connectivity index (χ1v) is 5.92. The number of hydrogen-bond donors (Lipinski definition) is 1. The van der Waals surface area contributed by atoms with Gasteiger partial charge >= 0.3 is 0 Å². The number of nitrogen functional groups attached to an aromatic ring is 1. The van der Waals surface area contributed by atoms with Gasteiger partial charge in [0.25, 0.3) is 0 Å². The molecule has 0 bridgehead atoms. The maximum atomic E-state index is 8.93. The Kier molecular flexibility index (Phi) is 3.49. The molecule has 2 rings (SSSR count). The minimum Gasteiger partial charge on any atom is -0.369 e. The van der Waals surface area contributed by atoms with Gasteiger partial charge in [0.05, 0.1) is 22.7 Å². The molecule has 0 amide bonds. The van der Waals surface area contributed by atoms with Gasteiger partial charge in [-0.3, -0.25) is 0 Å². The molecule has 0 fully saturated rings. The van der Waals surface area contributed by atoms with Gasteiger partial charge in [-0.25, -0.2) is 4.98 Å². The van der Waals surface area contributed by atoms with Gasteiger partial charge in [-0.05, 0) is 45.3 Å². The van der Waals surface area contributed by atoms with Crippen molar-refractivity contribution in [1.82, 2.24) is 14.5 Å². The summed E-state index contributed by atoms with van der Waals surface area (Å²) in [5.74, 6) is 0.513. The Balaban J connectivity index is 2.30. The molecule has 18 heavy (non-hydrogen) atoms. The lowest BCUT2D eigenvalue weighted by atomic mass is 10.2. The Morgan fingerprint density at radius 2 is 2.22 bits per heavy atom. The number of fused-ring (bicyclic) bond motifs is 1. The van der Waals surface area contributed by atoms with Crippen LogP contribution in [0.1, 0.15) is 12.0 Å². The van der Waals surface area contributed by atoms with E-state index in [1.165, 1.54) is 0 Å². The third-order valence-electron chi connectivity index (χ3n) is 2.89. The van der Waals surface area contributed by atoms with Crippen molar-refractivity contribution in [3.63, 3.8) is 0 Å². The second-order valence-electron chi connectivity index (χ2n) is 4.59. The maximum Gasteiger partial charge on any atom is 0.201 e. The molecule has 0 aliphatic heterocycles. The molecule has 0 saturated carbocycles. The van der Waals surface area contributed by atoms with E-state index in [0.717, 1.165) is 30.5 Å². The van der Waals surface area contributed by atoms with Crippen LogP contribution in [-0.2, 0) is 6.54 Å². The van der Waals surface area contributed by atoms with Crippen molar-refractivity contribution in [1.29, 1.82) is 5.26 Å². The van der Waals surface area contributed by atoms with Gasteiger partial charge in [0, 0.05) is 6.54 Å². The Bertz CT molecular complexity index is 591. The Morgan fingerprint density at radius 1 is 1.44 bits per heavy atom. The Morgan fingerprint density at radius 3 is 2.89 bits per heavy atom. The highest BCUT2D eigenvalue weighted by atomic mass is 15.2. The van der Waals surface area contributed by atoms with Crippen molar-refractivity contribution in [2.24, 2.45) is 0 Å². The topological polar surface area (TPSA) is 70.9 Å². The van der Waals surface area contributed by atoms with Crippen molar-refractivity contribution in [3.8, 4) is 6.07 Å². The van der Waals surface area contributed by atoms with E-state index in [0.29, 0.717) is 11.5 Å². The number of nitrogens with zero attached hydrogens (tertiary/aromatic N) is 4. The summed E-state index contributed by atoms with van der Waals surface area (Å²) in [6.07, 6.45) is 0.999. The molecule has 0 unspecified atom stereocenters. The zero-order valence-corrected chi connectivity index (χ0v) is 10.7. The van der Waals surface area contributed by atoms with Crippen LogP contribution in [-0.4, -0.2) is 35.1 Å². The van der Waals surface area contributed by atoms with Gasteiger partial charge in [0.1, 0.15) is 0 Å². The highest BCUT2D eigenvalue weighted by Crippen LogP contribution is 2.19. The first-order chi connectivity index (χ1) is 8.61. The third-order valence-corrected chi connectivity index (χ3v) is 2.89. The molecule has 0 atom stereocenters. The molecule has 5 heteroatoms. The summed E-state index contributed by atoms with van der Waals surface area (Å²) in [6, 6.07) is 7.58. The van der Waals surface area contributed by atoms with E-state index in [1.54, 1.807) is 6.07 Å². The van der Waals surface area contributed by atoms with Crippen LogP contribution in [0.4, 0.5) is 5.95 Å². The first kappa shape index (κ1) is 12.4. The molecule has 94 valence electrons. The Hall–Kier alpha value is -2.06. The highest BCUT2D eigenvalue weighted by molar-refractivity contribution is 5.79. The molecule has 2 aromatic rings. The van der Waals surface area contributed by atoms with Crippen LogP contribution in [0.3, 0.4) is 0 Å². The second kappa shape index (κ2) is 5.07. The number of nitrogens with two attached hydrogens (primary N) is 1. The number of anilines is 1. The van der Waals surface area contributed by atoms with Crippen molar-refractivity contribution in [3.05, 3.63) is 23.8 Å². The minimum atomic E-state index is 0.513. The van der Waals surface area contributed by atoms with Crippen LogP contribution >= 0.6 is 0 Å². The lowest BCUT2D eigenvalue weighted by Gasteiger charge is -2.10. The summed E-state index contributed by atoms with van der Waals surface area (Å²) in [5, 5.41) is 8.93. The highest BCUT2D eigenvalue weighted by Gasteiger charge is 2.08. The first-order valence-electron chi connectivity index (χ1n) is 5.92. The zero-order valence-electron chi connectivity index (χ0n) is 10.7. The summed E-state index contributed by atoms with van der Waals surface area (Å²) in [7, 11) is 4.09. The SMILES string of the molecule is CN(C)CCCn1c(N)nc2ccc(C#N)cc21. The molecule has 0 spiro atoms. The molecule has 1 aromatic carbocycles. The lowest BCUT2D eigenvalue weighted by molar-refractivity contribution is 0.388. The fourth-order valence-corrected chi connectivity index (χ4v) is 1.99. The molecule has 0 aliphatic rings. The normalized spacial score (nSPS) is 11.0.